The molecule has 2 unspecified atom stereocenters. The third-order valence-corrected chi connectivity index (χ3v) is 2.57. The molecule has 0 aliphatic carbocycles. The van der Waals surface area contributed by atoms with E-state index in [0.717, 1.165) is 0 Å². The van der Waals surface area contributed by atoms with Gasteiger partial charge >= 0.3 is 5.97 Å². The molecule has 0 bridgehead atoms. The van der Waals surface area contributed by atoms with Gasteiger partial charge in [-0.2, -0.15) is 0 Å². The number of amides is 2. The Morgan fingerprint density at radius 2 is 2.29 bits per heavy atom. The summed E-state index contributed by atoms with van der Waals surface area (Å²) in [5.74, 6) is -1.64. The number of hydrogen-bond donors (Lipinski definition) is 2. The molecule has 1 aliphatic heterocycles. The number of carbonyl (C=O) groups excluding carboxylic acids is 3. The minimum absolute atomic E-state index is 0.158. The maximum absolute atomic E-state index is 11.6. The highest BCUT2D eigenvalue weighted by molar-refractivity contribution is 6.03. The van der Waals surface area contributed by atoms with E-state index in [0.29, 0.717) is 13.0 Å². The van der Waals surface area contributed by atoms with Crippen molar-refractivity contribution in [3.8, 4) is 0 Å². The van der Waals surface area contributed by atoms with Crippen molar-refractivity contribution < 1.29 is 19.1 Å². The highest BCUT2D eigenvalue weighted by atomic mass is 16.5. The molecule has 17 heavy (non-hydrogen) atoms. The zero-order valence-electron chi connectivity index (χ0n) is 9.93. The van der Waals surface area contributed by atoms with Crippen molar-refractivity contribution in [2.45, 2.75) is 25.4 Å². The van der Waals surface area contributed by atoms with Crippen LogP contribution in [0.4, 0.5) is 0 Å². The lowest BCUT2D eigenvalue weighted by molar-refractivity contribution is -0.148. The fourth-order valence-electron chi connectivity index (χ4n) is 1.56. The second-order valence-corrected chi connectivity index (χ2v) is 3.84. The van der Waals surface area contributed by atoms with Gasteiger partial charge in [0.25, 0.3) is 0 Å². The number of hydrogen-bond acceptors (Lipinski definition) is 5. The predicted molar refractivity (Wildman–Crippen MR) is 58.8 cm³/mol. The zero-order valence-corrected chi connectivity index (χ0v) is 9.93. The van der Waals surface area contributed by atoms with Crippen molar-refractivity contribution in [1.29, 1.82) is 0 Å². The molecule has 7 nitrogen and oxygen atoms in total. The van der Waals surface area contributed by atoms with Crippen LogP contribution in [0.15, 0.2) is 0 Å². The largest absolute Gasteiger partial charge is 0.464 e. The summed E-state index contributed by atoms with van der Waals surface area (Å²) in [5, 5.41) is 2.44. The van der Waals surface area contributed by atoms with Crippen molar-refractivity contribution in [2.24, 2.45) is 5.73 Å². The Hall–Kier alpha value is -1.63. The van der Waals surface area contributed by atoms with Crippen molar-refractivity contribution in [1.82, 2.24) is 10.2 Å². The summed E-state index contributed by atoms with van der Waals surface area (Å²) < 4.78 is 4.62. The molecule has 1 rings (SSSR count). The molecule has 3 N–H and O–H groups in total. The van der Waals surface area contributed by atoms with Crippen LogP contribution in [0.1, 0.15) is 13.3 Å². The molecule has 0 saturated carbocycles. The normalized spacial score (nSPS) is 21.2. The molecule has 1 aliphatic rings. The third kappa shape index (κ3) is 3.16. The number of nitrogens with zero attached hydrogens (tertiary/aromatic N) is 1. The second-order valence-electron chi connectivity index (χ2n) is 3.84. The second kappa shape index (κ2) is 5.62. The van der Waals surface area contributed by atoms with Gasteiger partial charge < -0.3 is 20.7 Å². The van der Waals surface area contributed by atoms with Crippen LogP contribution in [-0.4, -0.2) is 55.0 Å². The van der Waals surface area contributed by atoms with Gasteiger partial charge in [-0.3, -0.25) is 9.59 Å². The Labute approximate surface area is 99.3 Å². The molecule has 1 heterocycles. The summed E-state index contributed by atoms with van der Waals surface area (Å²) in [6, 6.07) is -1.97. The monoisotopic (exact) mass is 243 g/mol. The topological polar surface area (TPSA) is 102 Å². The molecule has 2 amide bonds. The van der Waals surface area contributed by atoms with Crippen LogP contribution in [-0.2, 0) is 19.1 Å². The lowest BCUT2D eigenvalue weighted by atomic mass is 10.2. The third-order valence-electron chi connectivity index (χ3n) is 2.57. The highest BCUT2D eigenvalue weighted by Gasteiger charge is 2.33. The van der Waals surface area contributed by atoms with Crippen LogP contribution in [0.25, 0.3) is 0 Å². The van der Waals surface area contributed by atoms with Crippen molar-refractivity contribution in [3.63, 3.8) is 0 Å². The van der Waals surface area contributed by atoms with Crippen molar-refractivity contribution in [3.05, 3.63) is 0 Å². The molecule has 0 spiro atoms. The number of nitrogens with one attached hydrogen (secondary N) is 1. The van der Waals surface area contributed by atoms with Crippen LogP contribution < -0.4 is 11.1 Å². The van der Waals surface area contributed by atoms with Crippen LogP contribution in [0.2, 0.25) is 0 Å². The molecule has 0 aromatic heterocycles. The maximum Gasteiger partial charge on any atom is 0.332 e. The van der Waals surface area contributed by atoms with Crippen molar-refractivity contribution in [2.75, 3.05) is 20.2 Å². The van der Waals surface area contributed by atoms with E-state index in [4.69, 9.17) is 5.73 Å². The van der Waals surface area contributed by atoms with Crippen molar-refractivity contribution >= 4 is 17.8 Å². The Kier molecular flexibility index (Phi) is 4.45. The van der Waals surface area contributed by atoms with E-state index >= 15 is 0 Å². The summed E-state index contributed by atoms with van der Waals surface area (Å²) in [5.41, 5.74) is 5.39. The number of rotatable bonds is 4. The molecule has 2 atom stereocenters. The van der Waals surface area contributed by atoms with Crippen LogP contribution in [0.3, 0.4) is 0 Å². The lowest BCUT2D eigenvalue weighted by Gasteiger charge is -2.15. The summed E-state index contributed by atoms with van der Waals surface area (Å²) in [4.78, 5) is 35.8. The first-order valence-electron chi connectivity index (χ1n) is 5.45. The minimum atomic E-state index is -1.38. The summed E-state index contributed by atoms with van der Waals surface area (Å²) in [6.07, 6.45) is 0.524. The Morgan fingerprint density at radius 3 is 2.76 bits per heavy atom. The number of ether oxygens (including phenoxy) is 1. The first-order chi connectivity index (χ1) is 7.97. The number of likely N-dealkylation sites (tertiary alicyclic amines) is 1. The maximum atomic E-state index is 11.6. The van der Waals surface area contributed by atoms with Gasteiger partial charge in [0.1, 0.15) is 6.04 Å². The smallest absolute Gasteiger partial charge is 0.332 e. The fourth-order valence-corrected chi connectivity index (χ4v) is 1.56. The van der Waals surface area contributed by atoms with Gasteiger partial charge in [-0.1, -0.05) is 0 Å². The Balaban J connectivity index is 2.49. The molecule has 0 aromatic carbocycles. The lowest BCUT2D eigenvalue weighted by Crippen LogP contribution is -2.51. The number of esters is 1. The van der Waals surface area contributed by atoms with Gasteiger partial charge in [0.15, 0.2) is 6.04 Å². The highest BCUT2D eigenvalue weighted by Crippen LogP contribution is 2.08. The van der Waals surface area contributed by atoms with E-state index in [1.807, 2.05) is 0 Å². The standard InChI is InChI=1S/C10H17N3O4/c1-3-17-10(16)7(11)8(14)12-6-4-5-13(2)9(6)15/h6-7H,3-5,11H2,1-2H3,(H,12,14). The van der Waals surface area contributed by atoms with E-state index in [1.54, 1.807) is 14.0 Å². The molecule has 0 aromatic rings. The van der Waals surface area contributed by atoms with Gasteiger partial charge in [-0.05, 0) is 13.3 Å². The predicted octanol–water partition coefficient (Wildman–Crippen LogP) is -1.78. The minimum Gasteiger partial charge on any atom is -0.464 e. The summed E-state index contributed by atoms with van der Waals surface area (Å²) in [6.45, 7) is 2.36. The molecule has 1 fully saturated rings. The summed E-state index contributed by atoms with van der Waals surface area (Å²) >= 11 is 0. The average molecular weight is 243 g/mol. The van der Waals surface area contributed by atoms with E-state index in [1.165, 1.54) is 4.90 Å². The van der Waals surface area contributed by atoms with Crippen LogP contribution in [0, 0.1) is 0 Å². The van der Waals surface area contributed by atoms with E-state index in [9.17, 15) is 14.4 Å². The van der Waals surface area contributed by atoms with E-state index in [-0.39, 0.29) is 12.5 Å². The van der Waals surface area contributed by atoms with Gasteiger partial charge in [-0.25, -0.2) is 4.79 Å². The van der Waals surface area contributed by atoms with Gasteiger partial charge in [0, 0.05) is 13.6 Å². The first kappa shape index (κ1) is 13.4. The van der Waals surface area contributed by atoms with Gasteiger partial charge in [0.2, 0.25) is 11.8 Å². The van der Waals surface area contributed by atoms with Gasteiger partial charge in [0.05, 0.1) is 6.61 Å². The molecular formula is C10H17N3O4. The number of likely N-dealkylation sites (N-methyl/N-ethyl adjacent to an activating group) is 1. The van der Waals surface area contributed by atoms with Crippen LogP contribution in [0.5, 0.6) is 0 Å². The van der Waals surface area contributed by atoms with Gasteiger partial charge in [-0.15, -0.1) is 0 Å². The quantitative estimate of drug-likeness (QED) is 0.449. The fraction of sp³-hybridized carbons (Fsp3) is 0.700. The van der Waals surface area contributed by atoms with E-state index < -0.39 is 24.0 Å². The average Bonchev–Trinajstić information content (AvgIpc) is 2.60. The molecular weight excluding hydrogens is 226 g/mol. The molecule has 1 saturated heterocycles. The Morgan fingerprint density at radius 1 is 1.65 bits per heavy atom. The zero-order chi connectivity index (χ0) is 13.0. The Bertz CT molecular complexity index is 332. The molecule has 96 valence electrons. The van der Waals surface area contributed by atoms with Crippen LogP contribution >= 0.6 is 0 Å². The molecule has 0 radical (unpaired) electrons. The number of carbonyl (C=O) groups is 3. The molecule has 7 heteroatoms. The SMILES string of the molecule is CCOC(=O)C(N)C(=O)NC1CCN(C)C1=O. The number of nitrogens with two attached hydrogens (primary N) is 1. The summed E-state index contributed by atoms with van der Waals surface area (Å²) in [7, 11) is 1.65. The first-order valence-corrected chi connectivity index (χ1v) is 5.45. The van der Waals surface area contributed by atoms with E-state index in [2.05, 4.69) is 10.1 Å².